The molecule has 0 N–H and O–H groups in total. The third kappa shape index (κ3) is 1.96. The van der Waals surface area contributed by atoms with Crippen LogP contribution in [0.3, 0.4) is 0 Å². The summed E-state index contributed by atoms with van der Waals surface area (Å²) in [7, 11) is 0. The van der Waals surface area contributed by atoms with Crippen molar-refractivity contribution in [2.45, 2.75) is 82.9 Å². The molecule has 4 fully saturated rings. The van der Waals surface area contributed by atoms with Crippen molar-refractivity contribution in [1.82, 2.24) is 5.06 Å². The van der Waals surface area contributed by atoms with E-state index < -0.39 is 0 Å². The van der Waals surface area contributed by atoms with E-state index in [-0.39, 0.29) is 16.7 Å². The summed E-state index contributed by atoms with van der Waals surface area (Å²) in [5.41, 5.74) is 2.84. The molecule has 5 aliphatic rings. The van der Waals surface area contributed by atoms with E-state index in [1.807, 2.05) is 0 Å². The second-order valence-corrected chi connectivity index (χ2v) is 10.1. The van der Waals surface area contributed by atoms with E-state index in [9.17, 15) is 0 Å². The lowest BCUT2D eigenvalue weighted by Gasteiger charge is -2.58. The quantitative estimate of drug-likeness (QED) is 0.724. The van der Waals surface area contributed by atoms with Crippen LogP contribution in [0.25, 0.3) is 0 Å². The number of hydroxylamine groups is 2. The lowest BCUT2D eigenvalue weighted by atomic mass is 9.54. The summed E-state index contributed by atoms with van der Waals surface area (Å²) in [6, 6.07) is 8.93. The topological polar surface area (TPSA) is 12.5 Å². The lowest BCUT2D eigenvalue weighted by molar-refractivity contribution is -0.350. The van der Waals surface area contributed by atoms with Gasteiger partial charge < -0.3 is 0 Å². The van der Waals surface area contributed by atoms with Gasteiger partial charge in [0.1, 0.15) is 0 Å². The maximum absolute atomic E-state index is 7.06. The Morgan fingerprint density at radius 3 is 1.62 bits per heavy atom. The number of hydrogen-bond acceptors (Lipinski definition) is 2. The molecule has 130 valence electrons. The summed E-state index contributed by atoms with van der Waals surface area (Å²) >= 11 is 0. The summed E-state index contributed by atoms with van der Waals surface area (Å²) in [6.07, 6.45) is 8.27. The fourth-order valence-electron chi connectivity index (χ4n) is 7.03. The molecule has 4 saturated carbocycles. The predicted molar refractivity (Wildman–Crippen MR) is 96.3 cm³/mol. The molecule has 0 amide bonds. The Morgan fingerprint density at radius 2 is 1.21 bits per heavy atom. The van der Waals surface area contributed by atoms with E-state index in [4.69, 9.17) is 4.84 Å². The highest BCUT2D eigenvalue weighted by Crippen LogP contribution is 2.59. The van der Waals surface area contributed by atoms with Crippen molar-refractivity contribution in [2.75, 3.05) is 0 Å². The van der Waals surface area contributed by atoms with Crippen LogP contribution in [0.15, 0.2) is 24.3 Å². The molecule has 0 saturated heterocycles. The number of benzene rings is 1. The molecule has 2 heteroatoms. The van der Waals surface area contributed by atoms with Crippen LogP contribution in [0.2, 0.25) is 0 Å². The van der Waals surface area contributed by atoms with Gasteiger partial charge in [-0.1, -0.05) is 24.3 Å². The van der Waals surface area contributed by atoms with Crippen molar-refractivity contribution in [3.05, 3.63) is 35.4 Å². The molecular formula is C22H31NO. The highest BCUT2D eigenvalue weighted by Gasteiger charge is 2.57. The second kappa shape index (κ2) is 4.65. The second-order valence-electron chi connectivity index (χ2n) is 10.1. The Bertz CT molecular complexity index is 604. The predicted octanol–water partition coefficient (Wildman–Crippen LogP) is 5.37. The highest BCUT2D eigenvalue weighted by atomic mass is 16.7. The summed E-state index contributed by atoms with van der Waals surface area (Å²) < 4.78 is 0. The fraction of sp³-hybridized carbons (Fsp3) is 0.727. The van der Waals surface area contributed by atoms with Crippen LogP contribution in [-0.4, -0.2) is 10.7 Å². The molecule has 6 rings (SSSR count). The van der Waals surface area contributed by atoms with Crippen molar-refractivity contribution in [3.8, 4) is 0 Å². The molecule has 4 aliphatic carbocycles. The standard InChI is InChI=1S/C22H31NO/c1-20(2)18-7-5-6-8-19(18)21(3,4)23(20)24-22-12-15-9-16(13-22)11-17(10-15)14-22/h5-8,15-17H,9-14H2,1-4H3. The summed E-state index contributed by atoms with van der Waals surface area (Å²) in [6.45, 7) is 9.34. The Balaban J connectivity index is 1.51. The van der Waals surface area contributed by atoms with Crippen molar-refractivity contribution in [3.63, 3.8) is 0 Å². The van der Waals surface area contributed by atoms with Crippen LogP contribution in [-0.2, 0) is 15.9 Å². The van der Waals surface area contributed by atoms with E-state index in [1.54, 1.807) is 0 Å². The van der Waals surface area contributed by atoms with Crippen molar-refractivity contribution >= 4 is 0 Å². The fourth-order valence-corrected chi connectivity index (χ4v) is 7.03. The first-order valence-corrected chi connectivity index (χ1v) is 9.90. The van der Waals surface area contributed by atoms with Gasteiger partial charge in [-0.25, -0.2) is 0 Å². The van der Waals surface area contributed by atoms with Crippen LogP contribution in [0.5, 0.6) is 0 Å². The van der Waals surface area contributed by atoms with Gasteiger partial charge in [-0.3, -0.25) is 4.84 Å². The van der Waals surface area contributed by atoms with Gasteiger partial charge in [0, 0.05) is 0 Å². The number of rotatable bonds is 2. The molecular weight excluding hydrogens is 294 g/mol. The summed E-state index contributed by atoms with van der Waals surface area (Å²) in [4.78, 5) is 7.06. The monoisotopic (exact) mass is 325 g/mol. The van der Waals surface area contributed by atoms with E-state index in [0.29, 0.717) is 0 Å². The van der Waals surface area contributed by atoms with E-state index >= 15 is 0 Å². The van der Waals surface area contributed by atoms with Gasteiger partial charge in [-0.2, -0.15) is 5.06 Å². The smallest absolute Gasteiger partial charge is 0.0908 e. The minimum Gasteiger partial charge on any atom is -0.291 e. The molecule has 0 aromatic heterocycles. The highest BCUT2D eigenvalue weighted by molar-refractivity contribution is 5.42. The average molecular weight is 325 g/mol. The van der Waals surface area contributed by atoms with Crippen LogP contribution < -0.4 is 0 Å². The third-order valence-electron chi connectivity index (χ3n) is 7.53. The molecule has 1 aromatic rings. The van der Waals surface area contributed by atoms with Crippen LogP contribution in [0, 0.1) is 17.8 Å². The molecule has 2 nitrogen and oxygen atoms in total. The van der Waals surface area contributed by atoms with Crippen LogP contribution >= 0.6 is 0 Å². The maximum atomic E-state index is 7.06. The zero-order chi connectivity index (χ0) is 16.7. The van der Waals surface area contributed by atoms with Crippen molar-refractivity contribution < 1.29 is 4.84 Å². The minimum atomic E-state index is -0.0660. The van der Waals surface area contributed by atoms with Gasteiger partial charge in [0.25, 0.3) is 0 Å². The molecule has 0 atom stereocenters. The number of fused-ring (bicyclic) bond motifs is 1. The van der Waals surface area contributed by atoms with Crippen LogP contribution in [0.1, 0.15) is 77.3 Å². The first-order chi connectivity index (χ1) is 11.3. The van der Waals surface area contributed by atoms with Gasteiger partial charge in [0.05, 0.1) is 16.7 Å². The summed E-state index contributed by atoms with van der Waals surface area (Å²) in [5.74, 6) is 2.77. The van der Waals surface area contributed by atoms with Gasteiger partial charge in [-0.15, -0.1) is 0 Å². The summed E-state index contributed by atoms with van der Waals surface area (Å²) in [5, 5.41) is 2.37. The lowest BCUT2D eigenvalue weighted by Crippen LogP contribution is -2.58. The van der Waals surface area contributed by atoms with Gasteiger partial charge in [-0.05, 0) is 95.1 Å². The molecule has 0 spiro atoms. The molecule has 1 heterocycles. The average Bonchev–Trinajstić information content (AvgIpc) is 2.64. The van der Waals surface area contributed by atoms with E-state index in [0.717, 1.165) is 17.8 Å². The molecule has 0 unspecified atom stereocenters. The SMILES string of the molecule is CC1(C)c2ccccc2C(C)(C)N1OC12CC3CC(CC(C3)C1)C2. The minimum absolute atomic E-state index is 0.0660. The third-order valence-corrected chi connectivity index (χ3v) is 7.53. The van der Waals surface area contributed by atoms with E-state index in [2.05, 4.69) is 57.0 Å². The zero-order valence-corrected chi connectivity index (χ0v) is 15.6. The Labute approximate surface area is 146 Å². The first kappa shape index (κ1) is 15.4. The number of hydrogen-bond donors (Lipinski definition) is 0. The van der Waals surface area contributed by atoms with E-state index in [1.165, 1.54) is 49.7 Å². The normalized spacial score (nSPS) is 41.6. The molecule has 0 radical (unpaired) electrons. The maximum Gasteiger partial charge on any atom is 0.0908 e. The molecule has 1 aromatic carbocycles. The largest absolute Gasteiger partial charge is 0.291 e. The van der Waals surface area contributed by atoms with Gasteiger partial charge in [0.2, 0.25) is 0 Å². The molecule has 24 heavy (non-hydrogen) atoms. The van der Waals surface area contributed by atoms with Gasteiger partial charge in [0.15, 0.2) is 0 Å². The van der Waals surface area contributed by atoms with Crippen molar-refractivity contribution in [1.29, 1.82) is 0 Å². The number of nitrogens with zero attached hydrogens (tertiary/aromatic N) is 1. The Hall–Kier alpha value is -0.860. The first-order valence-electron chi connectivity index (χ1n) is 9.90. The molecule has 4 bridgehead atoms. The van der Waals surface area contributed by atoms with Crippen LogP contribution in [0.4, 0.5) is 0 Å². The Kier molecular flexibility index (Phi) is 2.98. The van der Waals surface area contributed by atoms with Crippen molar-refractivity contribution in [2.24, 2.45) is 17.8 Å². The Morgan fingerprint density at radius 1 is 0.792 bits per heavy atom. The zero-order valence-electron chi connectivity index (χ0n) is 15.6. The molecule has 1 aliphatic heterocycles. The van der Waals surface area contributed by atoms with Gasteiger partial charge >= 0.3 is 0 Å².